The Labute approximate surface area is 197 Å². The average Bonchev–Trinajstić information content (AvgIpc) is 3.06. The number of benzene rings is 2. The minimum Gasteiger partial charge on any atom is -0.454 e. The van der Waals surface area contributed by atoms with Gasteiger partial charge in [-0.05, 0) is 37.1 Å². The molecule has 180 valence electrons. The van der Waals surface area contributed by atoms with Crippen LogP contribution in [0.15, 0.2) is 58.4 Å². The van der Waals surface area contributed by atoms with Crippen LogP contribution in [0.25, 0.3) is 0 Å². The van der Waals surface area contributed by atoms with Gasteiger partial charge in [0.2, 0.25) is 0 Å². The van der Waals surface area contributed by atoms with Gasteiger partial charge in [0.05, 0.1) is 16.1 Å². The zero-order valence-corrected chi connectivity index (χ0v) is 19.8. The van der Waals surface area contributed by atoms with Crippen molar-refractivity contribution in [2.45, 2.75) is 31.7 Å². The van der Waals surface area contributed by atoms with E-state index in [2.05, 4.69) is 20.3 Å². The van der Waals surface area contributed by atoms with Gasteiger partial charge in [0.1, 0.15) is 11.9 Å². The predicted octanol–water partition coefficient (Wildman–Crippen LogP) is 1.68. The molecule has 10 nitrogen and oxygen atoms in total. The van der Waals surface area contributed by atoms with Crippen molar-refractivity contribution in [3.8, 4) is 0 Å². The highest BCUT2D eigenvalue weighted by Gasteiger charge is 2.31. The topological polar surface area (TPSA) is 143 Å². The number of hydrogen-bond donors (Lipinski definition) is 3. The van der Waals surface area contributed by atoms with Crippen LogP contribution in [-0.2, 0) is 24.3 Å². The normalized spacial score (nSPS) is 15.8. The Hall–Kier alpha value is -3.73. The van der Waals surface area contributed by atoms with Gasteiger partial charge in [0.25, 0.3) is 21.8 Å². The Bertz CT molecular complexity index is 1240. The number of ether oxygens (including phenoxy) is 1. The number of carbonyl (C=O) groups is 3. The molecule has 0 aromatic heterocycles. The lowest BCUT2D eigenvalue weighted by Gasteiger charge is -2.13. The number of anilines is 1. The molecule has 11 heteroatoms. The summed E-state index contributed by atoms with van der Waals surface area (Å²) in [5.41, 5.74) is 0.928. The van der Waals surface area contributed by atoms with Crippen LogP contribution >= 0.6 is 0 Å². The highest BCUT2D eigenvalue weighted by molar-refractivity contribution is 7.90. The Balaban J connectivity index is 1.60. The van der Waals surface area contributed by atoms with E-state index in [9.17, 15) is 22.8 Å². The summed E-state index contributed by atoms with van der Waals surface area (Å²) in [5, 5.41) is 5.35. The fraction of sp³-hybridized carbons (Fsp3) is 0.304. The second kappa shape index (κ2) is 10.5. The SMILES string of the molecule is CC(C)CNC(=O)c1ccccc1NC(=O)COC(=O)[C@H](C)N=C1NS(=O)(=O)c2ccccc21. The standard InChI is InChI=1S/C23H26N4O6S/c1-14(2)12-24-22(29)16-8-4-6-10-18(16)26-20(28)13-33-23(30)15(3)25-21-17-9-5-7-11-19(17)34(31,32)27-21/h4-11,14-15H,12-13H2,1-3H3,(H,24,29)(H,25,27)(H,26,28)/t15-/m0/s1. The van der Waals surface area contributed by atoms with Crippen LogP contribution in [-0.4, -0.2) is 51.2 Å². The molecule has 0 radical (unpaired) electrons. The third-order valence-electron chi connectivity index (χ3n) is 4.79. The summed E-state index contributed by atoms with van der Waals surface area (Å²) in [6.45, 7) is 5.25. The summed E-state index contributed by atoms with van der Waals surface area (Å²) in [4.78, 5) is 41.2. The molecule has 34 heavy (non-hydrogen) atoms. The molecule has 1 heterocycles. The van der Waals surface area contributed by atoms with E-state index in [-0.39, 0.29) is 33.8 Å². The van der Waals surface area contributed by atoms with Crippen molar-refractivity contribution in [3.63, 3.8) is 0 Å². The number of amidine groups is 1. The van der Waals surface area contributed by atoms with Crippen molar-refractivity contribution in [1.82, 2.24) is 10.0 Å². The second-order valence-corrected chi connectivity index (χ2v) is 9.71. The molecule has 0 fully saturated rings. The number of esters is 1. The van der Waals surface area contributed by atoms with Crippen LogP contribution < -0.4 is 15.4 Å². The summed E-state index contributed by atoms with van der Waals surface area (Å²) in [5.74, 6) is -1.47. The number of sulfonamides is 1. The van der Waals surface area contributed by atoms with Crippen LogP contribution in [0.3, 0.4) is 0 Å². The van der Waals surface area contributed by atoms with Gasteiger partial charge >= 0.3 is 5.97 Å². The molecule has 1 aliphatic heterocycles. The lowest BCUT2D eigenvalue weighted by atomic mass is 10.1. The minimum absolute atomic E-state index is 0.0332. The fourth-order valence-corrected chi connectivity index (χ4v) is 4.34. The zero-order valence-electron chi connectivity index (χ0n) is 19.0. The first-order valence-electron chi connectivity index (χ1n) is 10.6. The summed E-state index contributed by atoms with van der Waals surface area (Å²) in [7, 11) is -3.74. The van der Waals surface area contributed by atoms with E-state index >= 15 is 0 Å². The highest BCUT2D eigenvalue weighted by atomic mass is 32.2. The van der Waals surface area contributed by atoms with Gasteiger partial charge in [-0.15, -0.1) is 0 Å². The van der Waals surface area contributed by atoms with Gasteiger partial charge in [-0.1, -0.05) is 38.1 Å². The van der Waals surface area contributed by atoms with Crippen molar-refractivity contribution < 1.29 is 27.5 Å². The van der Waals surface area contributed by atoms with Gasteiger partial charge in [-0.3, -0.25) is 19.3 Å². The van der Waals surface area contributed by atoms with Crippen molar-refractivity contribution in [1.29, 1.82) is 0 Å². The van der Waals surface area contributed by atoms with E-state index in [1.165, 1.54) is 13.0 Å². The van der Waals surface area contributed by atoms with Crippen LogP contribution in [0.4, 0.5) is 5.69 Å². The van der Waals surface area contributed by atoms with Crippen LogP contribution in [0.2, 0.25) is 0 Å². The summed E-state index contributed by atoms with van der Waals surface area (Å²) >= 11 is 0. The number of rotatable bonds is 8. The molecule has 0 saturated carbocycles. The number of para-hydroxylation sites is 1. The van der Waals surface area contributed by atoms with E-state index in [4.69, 9.17) is 4.74 Å². The lowest BCUT2D eigenvalue weighted by Crippen LogP contribution is -2.30. The summed E-state index contributed by atoms with van der Waals surface area (Å²) in [6, 6.07) is 11.7. The van der Waals surface area contributed by atoms with E-state index in [1.54, 1.807) is 42.5 Å². The van der Waals surface area contributed by atoms with Crippen molar-refractivity contribution in [2.75, 3.05) is 18.5 Å². The maximum atomic E-state index is 12.4. The van der Waals surface area contributed by atoms with Crippen molar-refractivity contribution in [2.24, 2.45) is 10.9 Å². The molecule has 1 aliphatic rings. The van der Waals surface area contributed by atoms with E-state index in [1.807, 2.05) is 13.8 Å². The zero-order chi connectivity index (χ0) is 24.9. The lowest BCUT2D eigenvalue weighted by molar-refractivity contribution is -0.148. The molecule has 0 aliphatic carbocycles. The predicted molar refractivity (Wildman–Crippen MR) is 126 cm³/mol. The third-order valence-corrected chi connectivity index (χ3v) is 6.19. The molecule has 3 N–H and O–H groups in total. The number of aliphatic imine (C=N–C) groups is 1. The molecule has 2 amide bonds. The number of nitrogens with one attached hydrogen (secondary N) is 3. The van der Waals surface area contributed by atoms with E-state index < -0.39 is 34.5 Å². The maximum absolute atomic E-state index is 12.4. The largest absolute Gasteiger partial charge is 0.454 e. The summed E-state index contributed by atoms with van der Waals surface area (Å²) in [6.07, 6.45) is 0. The smallest absolute Gasteiger partial charge is 0.331 e. The Morgan fingerprint density at radius 1 is 1.03 bits per heavy atom. The van der Waals surface area contributed by atoms with Crippen molar-refractivity contribution in [3.05, 3.63) is 59.7 Å². The minimum atomic E-state index is -3.74. The molecule has 3 rings (SSSR count). The van der Waals surface area contributed by atoms with E-state index in [0.29, 0.717) is 12.1 Å². The average molecular weight is 487 g/mol. The van der Waals surface area contributed by atoms with Crippen LogP contribution in [0.1, 0.15) is 36.7 Å². The molecule has 0 bridgehead atoms. The maximum Gasteiger partial charge on any atom is 0.331 e. The molecule has 1 atom stereocenters. The number of carbonyl (C=O) groups excluding carboxylic acids is 3. The van der Waals surface area contributed by atoms with E-state index in [0.717, 1.165) is 0 Å². The fourth-order valence-electron chi connectivity index (χ4n) is 3.10. The summed E-state index contributed by atoms with van der Waals surface area (Å²) < 4.78 is 31.7. The second-order valence-electron chi connectivity index (χ2n) is 8.06. The van der Waals surface area contributed by atoms with Gasteiger partial charge in [0, 0.05) is 12.1 Å². The quantitative estimate of drug-likeness (QED) is 0.485. The number of hydrogen-bond acceptors (Lipinski definition) is 7. The number of nitrogens with zero attached hydrogens (tertiary/aromatic N) is 1. The highest BCUT2D eigenvalue weighted by Crippen LogP contribution is 2.22. The molecule has 2 aromatic rings. The third kappa shape index (κ3) is 5.98. The molecule has 0 unspecified atom stereocenters. The Morgan fingerprint density at radius 2 is 1.71 bits per heavy atom. The number of fused-ring (bicyclic) bond motifs is 1. The van der Waals surface area contributed by atoms with Gasteiger partial charge in [-0.25, -0.2) is 13.2 Å². The number of amides is 2. The monoisotopic (exact) mass is 486 g/mol. The molecule has 0 saturated heterocycles. The molecular formula is C23H26N4O6S. The molecule has 0 spiro atoms. The van der Waals surface area contributed by atoms with Crippen molar-refractivity contribution >= 4 is 39.3 Å². The van der Waals surface area contributed by atoms with Crippen LogP contribution in [0, 0.1) is 5.92 Å². The van der Waals surface area contributed by atoms with Crippen LogP contribution in [0.5, 0.6) is 0 Å². The Morgan fingerprint density at radius 3 is 2.44 bits per heavy atom. The van der Waals surface area contributed by atoms with Gasteiger partial charge < -0.3 is 15.4 Å². The first kappa shape index (κ1) is 24.9. The molecular weight excluding hydrogens is 460 g/mol. The first-order chi connectivity index (χ1) is 16.1. The van der Waals surface area contributed by atoms with Gasteiger partial charge in [-0.2, -0.15) is 0 Å². The van der Waals surface area contributed by atoms with Gasteiger partial charge in [0.15, 0.2) is 6.61 Å². The molecule has 2 aromatic carbocycles. The first-order valence-corrected chi connectivity index (χ1v) is 12.1. The Kier molecular flexibility index (Phi) is 7.67.